The SMILES string of the molecule is CCC(OC)C(CCC1CCCO1)NN. The van der Waals surface area contributed by atoms with E-state index in [-0.39, 0.29) is 12.1 Å². The minimum atomic E-state index is 0.205. The highest BCUT2D eigenvalue weighted by Gasteiger charge is 2.22. The summed E-state index contributed by atoms with van der Waals surface area (Å²) >= 11 is 0. The number of hydrogen-bond donors (Lipinski definition) is 2. The predicted molar refractivity (Wildman–Crippen MR) is 60.4 cm³/mol. The highest BCUT2D eigenvalue weighted by atomic mass is 16.5. The third kappa shape index (κ3) is 4.07. The van der Waals surface area contributed by atoms with Crippen LogP contribution in [0.25, 0.3) is 0 Å². The summed E-state index contributed by atoms with van der Waals surface area (Å²) in [6, 6.07) is 0.240. The summed E-state index contributed by atoms with van der Waals surface area (Å²) in [5.74, 6) is 5.54. The normalized spacial score (nSPS) is 25.4. The second kappa shape index (κ2) is 7.17. The van der Waals surface area contributed by atoms with E-state index in [9.17, 15) is 0 Å². The first-order chi connectivity index (χ1) is 7.31. The van der Waals surface area contributed by atoms with E-state index in [1.165, 1.54) is 12.8 Å². The van der Waals surface area contributed by atoms with Crippen LogP contribution in [0.5, 0.6) is 0 Å². The van der Waals surface area contributed by atoms with E-state index in [1.807, 2.05) is 0 Å². The van der Waals surface area contributed by atoms with Gasteiger partial charge in [-0.2, -0.15) is 0 Å². The van der Waals surface area contributed by atoms with E-state index in [0.29, 0.717) is 6.10 Å². The zero-order chi connectivity index (χ0) is 11.1. The molecule has 0 aromatic rings. The third-order valence-corrected chi connectivity index (χ3v) is 3.19. The van der Waals surface area contributed by atoms with Crippen molar-refractivity contribution in [3.05, 3.63) is 0 Å². The predicted octanol–water partition coefficient (Wildman–Crippen LogP) is 1.20. The van der Waals surface area contributed by atoms with Crippen molar-refractivity contribution in [3.8, 4) is 0 Å². The van der Waals surface area contributed by atoms with E-state index >= 15 is 0 Å². The van der Waals surface area contributed by atoms with Gasteiger partial charge in [-0.15, -0.1) is 0 Å². The second-order valence-corrected chi connectivity index (χ2v) is 4.17. The lowest BCUT2D eigenvalue weighted by Gasteiger charge is -2.25. The van der Waals surface area contributed by atoms with Gasteiger partial charge in [0.1, 0.15) is 0 Å². The Labute approximate surface area is 92.5 Å². The van der Waals surface area contributed by atoms with Gasteiger partial charge in [0.05, 0.1) is 12.2 Å². The quantitative estimate of drug-likeness (QED) is 0.496. The van der Waals surface area contributed by atoms with Crippen molar-refractivity contribution < 1.29 is 9.47 Å². The lowest BCUT2D eigenvalue weighted by Crippen LogP contribution is -2.45. The van der Waals surface area contributed by atoms with Crippen molar-refractivity contribution in [2.24, 2.45) is 5.84 Å². The number of methoxy groups -OCH3 is 1. The van der Waals surface area contributed by atoms with Crippen LogP contribution < -0.4 is 11.3 Å². The summed E-state index contributed by atoms with van der Waals surface area (Å²) in [5, 5.41) is 0. The maximum absolute atomic E-state index is 5.59. The topological polar surface area (TPSA) is 56.5 Å². The number of rotatable bonds is 7. The fraction of sp³-hybridized carbons (Fsp3) is 1.00. The molecule has 3 atom stereocenters. The van der Waals surface area contributed by atoms with Crippen LogP contribution in [0.1, 0.15) is 39.0 Å². The van der Waals surface area contributed by atoms with Gasteiger partial charge in [-0.3, -0.25) is 11.3 Å². The molecular formula is C11H24N2O2. The molecule has 0 aromatic carbocycles. The van der Waals surface area contributed by atoms with Gasteiger partial charge >= 0.3 is 0 Å². The molecule has 3 unspecified atom stereocenters. The number of nitrogens with two attached hydrogens (primary N) is 1. The Kier molecular flexibility index (Phi) is 6.17. The maximum Gasteiger partial charge on any atom is 0.0735 e. The highest BCUT2D eigenvalue weighted by Crippen LogP contribution is 2.19. The molecule has 3 N–H and O–H groups in total. The summed E-state index contributed by atoms with van der Waals surface area (Å²) in [6.07, 6.45) is 6.12. The van der Waals surface area contributed by atoms with Gasteiger partial charge in [0.15, 0.2) is 0 Å². The van der Waals surface area contributed by atoms with Crippen molar-refractivity contribution in [2.75, 3.05) is 13.7 Å². The Bertz CT molecular complexity index is 157. The molecule has 0 aliphatic carbocycles. The van der Waals surface area contributed by atoms with Crippen LogP contribution in [0, 0.1) is 0 Å². The van der Waals surface area contributed by atoms with E-state index in [0.717, 1.165) is 25.9 Å². The van der Waals surface area contributed by atoms with Gasteiger partial charge in [0.25, 0.3) is 0 Å². The van der Waals surface area contributed by atoms with E-state index < -0.39 is 0 Å². The van der Waals surface area contributed by atoms with E-state index in [4.69, 9.17) is 15.3 Å². The van der Waals surface area contributed by atoms with Crippen LogP contribution in [0.2, 0.25) is 0 Å². The fourth-order valence-electron chi connectivity index (χ4n) is 2.23. The molecular weight excluding hydrogens is 192 g/mol. The van der Waals surface area contributed by atoms with Crippen LogP contribution in [-0.2, 0) is 9.47 Å². The largest absolute Gasteiger partial charge is 0.380 e. The summed E-state index contributed by atoms with van der Waals surface area (Å²) in [5.41, 5.74) is 2.85. The zero-order valence-electron chi connectivity index (χ0n) is 9.87. The Hall–Kier alpha value is -0.160. The molecule has 0 saturated carbocycles. The van der Waals surface area contributed by atoms with Gasteiger partial charge in [-0.25, -0.2) is 0 Å². The summed E-state index contributed by atoms with van der Waals surface area (Å²) in [7, 11) is 1.74. The summed E-state index contributed by atoms with van der Waals surface area (Å²) in [4.78, 5) is 0. The highest BCUT2D eigenvalue weighted by molar-refractivity contribution is 4.76. The van der Waals surface area contributed by atoms with Crippen LogP contribution >= 0.6 is 0 Å². The van der Waals surface area contributed by atoms with Crippen molar-refractivity contribution in [3.63, 3.8) is 0 Å². The molecule has 0 amide bonds. The molecule has 1 rings (SSSR count). The number of nitrogens with one attached hydrogen (secondary N) is 1. The zero-order valence-corrected chi connectivity index (χ0v) is 9.87. The van der Waals surface area contributed by atoms with Crippen molar-refractivity contribution >= 4 is 0 Å². The van der Waals surface area contributed by atoms with Gasteiger partial charge in [-0.05, 0) is 32.1 Å². The van der Waals surface area contributed by atoms with Crippen LogP contribution in [-0.4, -0.2) is 32.0 Å². The molecule has 1 aliphatic heterocycles. The average Bonchev–Trinajstić information content (AvgIpc) is 2.77. The number of hydrazine groups is 1. The van der Waals surface area contributed by atoms with Crippen LogP contribution in [0.15, 0.2) is 0 Å². The van der Waals surface area contributed by atoms with Crippen LogP contribution in [0.4, 0.5) is 0 Å². The molecule has 0 bridgehead atoms. The second-order valence-electron chi connectivity index (χ2n) is 4.17. The molecule has 0 aromatic heterocycles. The lowest BCUT2D eigenvalue weighted by molar-refractivity contribution is 0.0503. The molecule has 15 heavy (non-hydrogen) atoms. The Morgan fingerprint density at radius 1 is 1.60 bits per heavy atom. The monoisotopic (exact) mass is 216 g/mol. The van der Waals surface area contributed by atoms with Gasteiger partial charge in [-0.1, -0.05) is 6.92 Å². The Morgan fingerprint density at radius 2 is 2.40 bits per heavy atom. The lowest BCUT2D eigenvalue weighted by atomic mass is 10.0. The first-order valence-electron chi connectivity index (χ1n) is 5.92. The van der Waals surface area contributed by atoms with E-state index in [1.54, 1.807) is 7.11 Å². The van der Waals surface area contributed by atoms with Gasteiger partial charge < -0.3 is 9.47 Å². The minimum Gasteiger partial charge on any atom is -0.380 e. The fourth-order valence-corrected chi connectivity index (χ4v) is 2.23. The third-order valence-electron chi connectivity index (χ3n) is 3.19. The molecule has 1 saturated heterocycles. The number of hydrogen-bond acceptors (Lipinski definition) is 4. The van der Waals surface area contributed by atoms with Gasteiger partial charge in [0.2, 0.25) is 0 Å². The first-order valence-corrected chi connectivity index (χ1v) is 5.92. The van der Waals surface area contributed by atoms with Crippen molar-refractivity contribution in [2.45, 2.75) is 57.3 Å². The van der Waals surface area contributed by atoms with Crippen molar-refractivity contribution in [1.29, 1.82) is 0 Å². The summed E-state index contributed by atoms with van der Waals surface area (Å²) < 4.78 is 11.0. The summed E-state index contributed by atoms with van der Waals surface area (Å²) in [6.45, 7) is 3.04. The molecule has 4 heteroatoms. The standard InChI is InChI=1S/C11H24N2O2/c1-3-11(14-2)10(13-12)7-6-9-5-4-8-15-9/h9-11,13H,3-8,12H2,1-2H3. The van der Waals surface area contributed by atoms with Crippen molar-refractivity contribution in [1.82, 2.24) is 5.43 Å². The number of ether oxygens (including phenoxy) is 2. The molecule has 1 fully saturated rings. The minimum absolute atomic E-state index is 0.205. The molecule has 1 aliphatic rings. The molecule has 0 spiro atoms. The Morgan fingerprint density at radius 3 is 2.87 bits per heavy atom. The molecule has 4 nitrogen and oxygen atoms in total. The molecule has 0 radical (unpaired) electrons. The average molecular weight is 216 g/mol. The molecule has 90 valence electrons. The smallest absolute Gasteiger partial charge is 0.0735 e. The maximum atomic E-state index is 5.59. The first kappa shape index (κ1) is 12.9. The molecule has 1 heterocycles. The van der Waals surface area contributed by atoms with E-state index in [2.05, 4.69) is 12.3 Å². The Balaban J connectivity index is 2.25. The van der Waals surface area contributed by atoms with Gasteiger partial charge in [0, 0.05) is 19.8 Å². The van der Waals surface area contributed by atoms with Crippen LogP contribution in [0.3, 0.4) is 0 Å².